The minimum Gasteiger partial charge on any atom is -0.490 e. The second-order valence-corrected chi connectivity index (χ2v) is 7.05. The zero-order valence-electron chi connectivity index (χ0n) is 16.0. The summed E-state index contributed by atoms with van der Waals surface area (Å²) in [7, 11) is 0. The Kier molecular flexibility index (Phi) is 4.94. The summed E-state index contributed by atoms with van der Waals surface area (Å²) in [5.41, 5.74) is 6.06. The monoisotopic (exact) mass is 386 g/mol. The van der Waals surface area contributed by atoms with Gasteiger partial charge in [0.05, 0.1) is 42.2 Å². The highest BCUT2D eigenvalue weighted by Crippen LogP contribution is 2.40. The Morgan fingerprint density at radius 1 is 1.07 bits per heavy atom. The number of morpholine rings is 1. The fourth-order valence-corrected chi connectivity index (χ4v) is 3.73. The van der Waals surface area contributed by atoms with Crippen LogP contribution in [0, 0.1) is 0 Å². The molecule has 1 saturated heterocycles. The smallest absolute Gasteiger partial charge is 0.146 e. The molecule has 1 fully saturated rings. The highest BCUT2D eigenvalue weighted by atomic mass is 16.5. The van der Waals surface area contributed by atoms with Crippen LogP contribution < -0.4 is 10.1 Å². The number of aromatic nitrogens is 3. The number of nitrogens with one attached hydrogen (secondary N) is 2. The lowest BCUT2D eigenvalue weighted by molar-refractivity contribution is 0.0593. The first-order valence-corrected chi connectivity index (χ1v) is 9.80. The molecule has 0 aliphatic carbocycles. The maximum atomic E-state index is 6.17. The van der Waals surface area contributed by atoms with Gasteiger partial charge >= 0.3 is 0 Å². The molecule has 1 atom stereocenters. The fraction of sp³-hybridized carbons (Fsp3) is 0.217. The Hall–Kier alpha value is -3.22. The lowest BCUT2D eigenvalue weighted by Crippen LogP contribution is -2.44. The first kappa shape index (κ1) is 17.8. The molecule has 0 amide bonds. The van der Waals surface area contributed by atoms with Gasteiger partial charge in [-0.3, -0.25) is 9.97 Å². The Labute approximate surface area is 168 Å². The zero-order chi connectivity index (χ0) is 19.5. The van der Waals surface area contributed by atoms with Crippen LogP contribution in [0.25, 0.3) is 33.4 Å². The summed E-state index contributed by atoms with van der Waals surface area (Å²) in [4.78, 5) is 12.5. The largest absolute Gasteiger partial charge is 0.490 e. The molecule has 29 heavy (non-hydrogen) atoms. The standard InChI is InChI=1S/C23H22N4O2/c1-2-5-16(6-3-1)21-22(27-19-7-4-9-26-23(19)21)18-8-10-24-13-20(18)29-15-17-14-28-12-11-25-17/h1-10,13,17,25,27H,11-12,14-15H2. The quantitative estimate of drug-likeness (QED) is 0.548. The van der Waals surface area contributed by atoms with Crippen molar-refractivity contribution < 1.29 is 9.47 Å². The first-order chi connectivity index (χ1) is 14.4. The van der Waals surface area contributed by atoms with E-state index in [9.17, 15) is 0 Å². The number of rotatable bonds is 5. The molecule has 4 heterocycles. The number of pyridine rings is 2. The molecule has 5 rings (SSSR count). The van der Waals surface area contributed by atoms with Gasteiger partial charge in [-0.1, -0.05) is 30.3 Å². The van der Waals surface area contributed by atoms with Crippen molar-refractivity contribution in [1.29, 1.82) is 0 Å². The highest BCUT2D eigenvalue weighted by Gasteiger charge is 2.20. The number of aromatic amines is 1. The van der Waals surface area contributed by atoms with Gasteiger partial charge in [-0.2, -0.15) is 0 Å². The van der Waals surface area contributed by atoms with Crippen molar-refractivity contribution in [2.45, 2.75) is 6.04 Å². The average Bonchev–Trinajstić information content (AvgIpc) is 3.18. The fourth-order valence-electron chi connectivity index (χ4n) is 3.73. The number of nitrogens with zero attached hydrogens (tertiary/aromatic N) is 2. The maximum absolute atomic E-state index is 6.17. The summed E-state index contributed by atoms with van der Waals surface area (Å²) in [6, 6.07) is 16.5. The lowest BCUT2D eigenvalue weighted by atomic mass is 10.0. The average molecular weight is 386 g/mol. The molecule has 3 aromatic heterocycles. The third kappa shape index (κ3) is 3.60. The second-order valence-electron chi connectivity index (χ2n) is 7.05. The summed E-state index contributed by atoms with van der Waals surface area (Å²) < 4.78 is 11.7. The highest BCUT2D eigenvalue weighted by molar-refractivity contribution is 6.02. The molecule has 6 nitrogen and oxygen atoms in total. The zero-order valence-corrected chi connectivity index (χ0v) is 16.0. The number of benzene rings is 1. The van der Waals surface area contributed by atoms with Crippen molar-refractivity contribution >= 4 is 11.0 Å². The lowest BCUT2D eigenvalue weighted by Gasteiger charge is -2.24. The molecule has 1 aromatic carbocycles. The Morgan fingerprint density at radius 2 is 2.00 bits per heavy atom. The summed E-state index contributed by atoms with van der Waals surface area (Å²) in [5, 5.41) is 3.42. The predicted molar refractivity (Wildman–Crippen MR) is 113 cm³/mol. The van der Waals surface area contributed by atoms with E-state index in [1.165, 1.54) is 0 Å². The summed E-state index contributed by atoms with van der Waals surface area (Å²) >= 11 is 0. The molecular weight excluding hydrogens is 364 g/mol. The Bertz CT molecular complexity index is 1100. The summed E-state index contributed by atoms with van der Waals surface area (Å²) in [6.07, 6.45) is 5.38. The SMILES string of the molecule is c1ccc(-c2c(-c3ccncc3OCC3COCCN3)[nH]c3cccnc23)cc1. The van der Waals surface area contributed by atoms with Crippen molar-refractivity contribution in [3.05, 3.63) is 67.1 Å². The van der Waals surface area contributed by atoms with Gasteiger partial charge in [0.1, 0.15) is 12.4 Å². The number of ether oxygens (including phenoxy) is 2. The molecule has 2 N–H and O–H groups in total. The first-order valence-electron chi connectivity index (χ1n) is 9.80. The van der Waals surface area contributed by atoms with Gasteiger partial charge in [0, 0.05) is 30.1 Å². The number of H-pyrrole nitrogens is 1. The van der Waals surface area contributed by atoms with E-state index in [1.54, 1.807) is 12.4 Å². The van der Waals surface area contributed by atoms with Crippen molar-refractivity contribution in [2.24, 2.45) is 0 Å². The molecule has 6 heteroatoms. The molecule has 146 valence electrons. The molecule has 0 spiro atoms. The van der Waals surface area contributed by atoms with E-state index >= 15 is 0 Å². The van der Waals surface area contributed by atoms with Crippen LogP contribution in [-0.4, -0.2) is 47.4 Å². The van der Waals surface area contributed by atoms with Gasteiger partial charge in [0.15, 0.2) is 0 Å². The third-order valence-electron chi connectivity index (χ3n) is 5.11. The van der Waals surface area contributed by atoms with Crippen LogP contribution in [0.3, 0.4) is 0 Å². The second kappa shape index (κ2) is 8.03. The number of hydrogen-bond acceptors (Lipinski definition) is 5. The normalized spacial score (nSPS) is 16.8. The molecular formula is C23H22N4O2. The molecule has 0 radical (unpaired) electrons. The van der Waals surface area contributed by atoms with Gasteiger partial charge in [-0.15, -0.1) is 0 Å². The topological polar surface area (TPSA) is 72.1 Å². The van der Waals surface area contributed by atoms with Crippen molar-refractivity contribution in [3.63, 3.8) is 0 Å². The van der Waals surface area contributed by atoms with E-state index in [-0.39, 0.29) is 6.04 Å². The number of hydrogen-bond donors (Lipinski definition) is 2. The molecule has 1 aliphatic rings. The van der Waals surface area contributed by atoms with Crippen molar-refractivity contribution in [2.75, 3.05) is 26.4 Å². The van der Waals surface area contributed by atoms with E-state index in [4.69, 9.17) is 9.47 Å². The van der Waals surface area contributed by atoms with E-state index in [1.807, 2.05) is 42.6 Å². The molecule has 1 unspecified atom stereocenters. The molecule has 0 saturated carbocycles. The van der Waals surface area contributed by atoms with E-state index in [2.05, 4.69) is 32.4 Å². The minimum absolute atomic E-state index is 0.176. The van der Waals surface area contributed by atoms with Gasteiger partial charge in [0.25, 0.3) is 0 Å². The van der Waals surface area contributed by atoms with Crippen LogP contribution in [0.4, 0.5) is 0 Å². The van der Waals surface area contributed by atoms with Crippen molar-refractivity contribution in [1.82, 2.24) is 20.3 Å². The van der Waals surface area contributed by atoms with E-state index in [0.717, 1.165) is 52.3 Å². The molecule has 4 aromatic rings. The Morgan fingerprint density at radius 3 is 2.86 bits per heavy atom. The van der Waals surface area contributed by atoms with Crippen LogP contribution in [0.5, 0.6) is 5.75 Å². The van der Waals surface area contributed by atoms with Gasteiger partial charge in [0.2, 0.25) is 0 Å². The molecule has 1 aliphatic heterocycles. The van der Waals surface area contributed by atoms with E-state index < -0.39 is 0 Å². The van der Waals surface area contributed by atoms with Crippen molar-refractivity contribution in [3.8, 4) is 28.1 Å². The molecule has 0 bridgehead atoms. The van der Waals surface area contributed by atoms with Gasteiger partial charge < -0.3 is 19.8 Å². The van der Waals surface area contributed by atoms with Crippen LogP contribution in [0.2, 0.25) is 0 Å². The van der Waals surface area contributed by atoms with Crippen LogP contribution in [-0.2, 0) is 4.74 Å². The van der Waals surface area contributed by atoms with Gasteiger partial charge in [-0.25, -0.2) is 0 Å². The van der Waals surface area contributed by atoms with Crippen LogP contribution in [0.15, 0.2) is 67.1 Å². The van der Waals surface area contributed by atoms with Crippen LogP contribution in [0.1, 0.15) is 0 Å². The summed E-state index contributed by atoms with van der Waals surface area (Å²) in [6.45, 7) is 2.77. The maximum Gasteiger partial charge on any atom is 0.146 e. The predicted octanol–water partition coefficient (Wildman–Crippen LogP) is 3.66. The number of fused-ring (bicyclic) bond motifs is 1. The van der Waals surface area contributed by atoms with Gasteiger partial charge in [-0.05, 0) is 23.8 Å². The van der Waals surface area contributed by atoms with E-state index in [0.29, 0.717) is 13.2 Å². The Balaban J connectivity index is 1.58. The minimum atomic E-state index is 0.176. The van der Waals surface area contributed by atoms with Crippen LogP contribution >= 0.6 is 0 Å². The summed E-state index contributed by atoms with van der Waals surface area (Å²) in [5.74, 6) is 0.739. The third-order valence-corrected chi connectivity index (χ3v) is 5.11.